The number of benzene rings is 3. The van der Waals surface area contributed by atoms with Gasteiger partial charge in [-0.25, -0.2) is 8.42 Å². The lowest BCUT2D eigenvalue weighted by atomic mass is 10.1. The standard InChI is InChI=1S/C30H36ClN3O6S/c1-7-26(30(36)32-4)33(18-22-10-8-9-11-25(22)31)29(35)19-34(23-15-20(2)14-21(3)16-23)41(37,38)24-12-13-27(39-5)28(17-24)40-6/h8-17,26H,7,18-19H2,1-6H3,(H,32,36)/t26-/m1/s1. The van der Waals surface area contributed by atoms with Gasteiger partial charge in [-0.3, -0.25) is 13.9 Å². The SMILES string of the molecule is CC[C@H](C(=O)NC)N(Cc1ccccc1Cl)C(=O)CN(c1cc(C)cc(C)c1)S(=O)(=O)c1ccc(OC)c(OC)c1. The highest BCUT2D eigenvalue weighted by molar-refractivity contribution is 7.92. The number of methoxy groups -OCH3 is 2. The van der Waals surface area contributed by atoms with Crippen molar-refractivity contribution in [2.45, 2.75) is 44.7 Å². The summed E-state index contributed by atoms with van der Waals surface area (Å²) in [6.45, 7) is 4.94. The van der Waals surface area contributed by atoms with Gasteiger partial charge < -0.3 is 19.7 Å². The van der Waals surface area contributed by atoms with Gasteiger partial charge in [-0.15, -0.1) is 0 Å². The Morgan fingerprint density at radius 2 is 1.59 bits per heavy atom. The molecule has 3 aromatic rings. The van der Waals surface area contributed by atoms with Crippen molar-refractivity contribution < 1.29 is 27.5 Å². The molecule has 1 N–H and O–H groups in total. The van der Waals surface area contributed by atoms with Crippen molar-refractivity contribution in [2.24, 2.45) is 0 Å². The van der Waals surface area contributed by atoms with E-state index in [9.17, 15) is 18.0 Å². The third kappa shape index (κ3) is 7.31. The maximum atomic E-state index is 14.2. The Hall–Kier alpha value is -3.76. The normalized spacial score (nSPS) is 11.9. The monoisotopic (exact) mass is 601 g/mol. The zero-order chi connectivity index (χ0) is 30.3. The molecule has 0 saturated carbocycles. The van der Waals surface area contributed by atoms with Crippen LogP contribution in [0.4, 0.5) is 5.69 Å². The lowest BCUT2D eigenvalue weighted by Crippen LogP contribution is -2.51. The summed E-state index contributed by atoms with van der Waals surface area (Å²) in [5, 5.41) is 3.04. The molecule has 0 unspecified atom stereocenters. The first-order valence-electron chi connectivity index (χ1n) is 13.0. The van der Waals surface area contributed by atoms with Gasteiger partial charge in [-0.2, -0.15) is 0 Å². The van der Waals surface area contributed by atoms with E-state index in [4.69, 9.17) is 21.1 Å². The quantitative estimate of drug-likeness (QED) is 0.322. The number of nitrogens with one attached hydrogen (secondary N) is 1. The number of anilines is 1. The van der Waals surface area contributed by atoms with Crippen LogP contribution in [0.2, 0.25) is 5.02 Å². The second kappa shape index (κ2) is 13.7. The summed E-state index contributed by atoms with van der Waals surface area (Å²) in [6, 6.07) is 15.7. The highest BCUT2D eigenvalue weighted by Gasteiger charge is 2.34. The van der Waals surface area contributed by atoms with Gasteiger partial charge in [0.15, 0.2) is 11.5 Å². The number of carbonyl (C=O) groups excluding carboxylic acids is 2. The second-order valence-electron chi connectivity index (χ2n) is 9.53. The van der Waals surface area contributed by atoms with Crippen LogP contribution < -0.4 is 19.1 Å². The van der Waals surface area contributed by atoms with Crippen molar-refractivity contribution in [2.75, 3.05) is 32.1 Å². The van der Waals surface area contributed by atoms with Crippen LogP contribution in [0.15, 0.2) is 65.6 Å². The molecule has 9 nitrogen and oxygen atoms in total. The zero-order valence-corrected chi connectivity index (χ0v) is 25.7. The molecule has 0 aliphatic heterocycles. The number of hydrogen-bond acceptors (Lipinski definition) is 6. The van der Waals surface area contributed by atoms with Gasteiger partial charge >= 0.3 is 0 Å². The fourth-order valence-corrected chi connectivity index (χ4v) is 6.23. The van der Waals surface area contributed by atoms with Gasteiger partial charge in [0.25, 0.3) is 10.0 Å². The molecule has 0 bridgehead atoms. The number of carbonyl (C=O) groups is 2. The molecule has 0 fully saturated rings. The minimum atomic E-state index is -4.29. The van der Waals surface area contributed by atoms with Crippen molar-refractivity contribution in [1.29, 1.82) is 0 Å². The van der Waals surface area contributed by atoms with Gasteiger partial charge in [0.1, 0.15) is 12.6 Å². The van der Waals surface area contributed by atoms with Crippen molar-refractivity contribution in [3.8, 4) is 11.5 Å². The van der Waals surface area contributed by atoms with E-state index in [1.807, 2.05) is 19.9 Å². The van der Waals surface area contributed by atoms with E-state index in [0.29, 0.717) is 28.4 Å². The smallest absolute Gasteiger partial charge is 0.264 e. The number of ether oxygens (including phenoxy) is 2. The Labute approximate surface area is 247 Å². The number of sulfonamides is 1. The van der Waals surface area contributed by atoms with E-state index in [2.05, 4.69) is 5.32 Å². The third-order valence-corrected chi connectivity index (χ3v) is 8.79. The number of likely N-dealkylation sites (N-methyl/N-ethyl adjacent to an activating group) is 1. The average Bonchev–Trinajstić information content (AvgIpc) is 2.95. The Morgan fingerprint density at radius 3 is 2.15 bits per heavy atom. The second-order valence-corrected chi connectivity index (χ2v) is 11.8. The molecular weight excluding hydrogens is 566 g/mol. The maximum Gasteiger partial charge on any atom is 0.264 e. The third-order valence-electron chi connectivity index (χ3n) is 6.65. The number of aryl methyl sites for hydroxylation is 2. The van der Waals surface area contributed by atoms with Crippen molar-refractivity contribution in [3.05, 3.63) is 82.4 Å². The molecule has 0 aliphatic carbocycles. The van der Waals surface area contributed by atoms with Gasteiger partial charge in [0.2, 0.25) is 11.8 Å². The average molecular weight is 602 g/mol. The van der Waals surface area contributed by atoms with E-state index in [0.717, 1.165) is 15.4 Å². The Bertz CT molecular complexity index is 1490. The van der Waals surface area contributed by atoms with Crippen molar-refractivity contribution in [1.82, 2.24) is 10.2 Å². The Balaban J connectivity index is 2.15. The van der Waals surface area contributed by atoms with Gasteiger partial charge in [0.05, 0.1) is 24.8 Å². The maximum absolute atomic E-state index is 14.2. The number of hydrogen-bond donors (Lipinski definition) is 1. The highest BCUT2D eigenvalue weighted by Crippen LogP contribution is 2.33. The minimum absolute atomic E-state index is 0.0154. The van der Waals surface area contributed by atoms with Gasteiger partial charge in [-0.1, -0.05) is 42.8 Å². The van der Waals surface area contributed by atoms with Crippen LogP contribution in [-0.2, 0) is 26.2 Å². The first kappa shape index (κ1) is 31.8. The predicted molar refractivity (Wildman–Crippen MR) is 160 cm³/mol. The molecule has 220 valence electrons. The fraction of sp³-hybridized carbons (Fsp3) is 0.333. The molecule has 0 spiro atoms. The van der Waals surface area contributed by atoms with Crippen LogP contribution in [0.25, 0.3) is 0 Å². The zero-order valence-electron chi connectivity index (χ0n) is 24.1. The molecule has 0 aromatic heterocycles. The van der Waals surface area contributed by atoms with Crippen LogP contribution >= 0.6 is 11.6 Å². The molecule has 1 atom stereocenters. The van der Waals surface area contributed by atoms with E-state index >= 15 is 0 Å². The number of halogens is 1. The summed E-state index contributed by atoms with van der Waals surface area (Å²) in [6.07, 6.45) is 0.307. The van der Waals surface area contributed by atoms with E-state index < -0.39 is 28.5 Å². The topological polar surface area (TPSA) is 105 Å². The summed E-state index contributed by atoms with van der Waals surface area (Å²) >= 11 is 6.41. The van der Waals surface area contributed by atoms with E-state index in [1.54, 1.807) is 43.3 Å². The summed E-state index contributed by atoms with van der Waals surface area (Å²) in [7, 11) is 0.0706. The lowest BCUT2D eigenvalue weighted by Gasteiger charge is -2.33. The number of nitrogens with zero attached hydrogens (tertiary/aromatic N) is 2. The van der Waals surface area contributed by atoms with Crippen molar-refractivity contribution >= 4 is 39.1 Å². The van der Waals surface area contributed by atoms with Crippen LogP contribution in [0.1, 0.15) is 30.0 Å². The number of amides is 2. The molecule has 0 saturated heterocycles. The van der Waals surface area contributed by atoms with E-state index in [-0.39, 0.29) is 23.1 Å². The summed E-state index contributed by atoms with van der Waals surface area (Å²) in [5.41, 5.74) is 2.59. The molecule has 41 heavy (non-hydrogen) atoms. The van der Waals surface area contributed by atoms with E-state index in [1.165, 1.54) is 44.4 Å². The molecule has 0 heterocycles. The molecule has 0 aliphatic rings. The van der Waals surface area contributed by atoms with Crippen LogP contribution in [0.3, 0.4) is 0 Å². The summed E-state index contributed by atoms with van der Waals surface area (Å²) in [4.78, 5) is 28.2. The molecular formula is C30H36ClN3O6S. The van der Waals surface area contributed by atoms with Crippen LogP contribution in [-0.4, -0.2) is 59.0 Å². The lowest BCUT2D eigenvalue weighted by molar-refractivity contribution is -0.140. The molecule has 11 heteroatoms. The molecule has 3 rings (SSSR count). The van der Waals surface area contributed by atoms with Crippen LogP contribution in [0, 0.1) is 13.8 Å². The largest absolute Gasteiger partial charge is 0.493 e. The predicted octanol–water partition coefficient (Wildman–Crippen LogP) is 4.72. The Kier molecular flexibility index (Phi) is 10.6. The van der Waals surface area contributed by atoms with Crippen LogP contribution in [0.5, 0.6) is 11.5 Å². The highest BCUT2D eigenvalue weighted by atomic mass is 35.5. The first-order chi connectivity index (χ1) is 19.5. The summed E-state index contributed by atoms with van der Waals surface area (Å²) in [5.74, 6) is -0.341. The van der Waals surface area contributed by atoms with Gasteiger partial charge in [-0.05, 0) is 67.3 Å². The first-order valence-corrected chi connectivity index (χ1v) is 14.9. The van der Waals surface area contributed by atoms with Gasteiger partial charge in [0, 0.05) is 24.7 Å². The summed E-state index contributed by atoms with van der Waals surface area (Å²) < 4.78 is 40.0. The molecule has 0 radical (unpaired) electrons. The Morgan fingerprint density at radius 1 is 0.951 bits per heavy atom. The number of rotatable bonds is 12. The fourth-order valence-electron chi connectivity index (χ4n) is 4.62. The molecule has 2 amide bonds. The van der Waals surface area contributed by atoms with Crippen molar-refractivity contribution in [3.63, 3.8) is 0 Å². The molecule has 3 aromatic carbocycles. The minimum Gasteiger partial charge on any atom is -0.493 e.